The summed E-state index contributed by atoms with van der Waals surface area (Å²) >= 11 is 0. The number of para-hydroxylation sites is 3. The minimum absolute atomic E-state index is 1.11. The molecule has 3 aromatic heterocycles. The average Bonchev–Trinajstić information content (AvgIpc) is 4.08. The molecule has 0 aliphatic carbocycles. The van der Waals surface area contributed by atoms with Gasteiger partial charge in [0.1, 0.15) is 0 Å². The summed E-state index contributed by atoms with van der Waals surface area (Å²) in [5, 5.41) is 12.8. The zero-order chi connectivity index (χ0) is 46.2. The first-order valence-corrected chi connectivity index (χ1v) is 26.2. The van der Waals surface area contributed by atoms with Crippen molar-refractivity contribution in [1.29, 1.82) is 0 Å². The Bertz CT molecular complexity index is 4110. The summed E-state index contributed by atoms with van der Waals surface area (Å²) in [6, 6.07) is 101. The number of fused-ring (bicyclic) bond motifs is 9. The second kappa shape index (κ2) is 16.1. The van der Waals surface area contributed by atoms with E-state index in [2.05, 4.69) is 287 Å². The lowest BCUT2D eigenvalue weighted by molar-refractivity contribution is 1.15. The van der Waals surface area contributed by atoms with Crippen LogP contribution in [0.1, 0.15) is 0 Å². The van der Waals surface area contributed by atoms with Crippen LogP contribution in [0, 0.1) is 0 Å². The fraction of sp³-hybridized carbons (Fsp3) is 0. The first-order chi connectivity index (χ1) is 34.8. The van der Waals surface area contributed by atoms with E-state index in [0.717, 1.165) is 28.1 Å². The van der Waals surface area contributed by atoms with E-state index in [-0.39, 0.29) is 0 Å². The van der Waals surface area contributed by atoms with E-state index < -0.39 is 8.07 Å². The Morgan fingerprint density at radius 1 is 0.229 bits per heavy atom. The largest absolute Gasteiger partial charge is 0.309 e. The molecule has 0 saturated heterocycles. The third kappa shape index (κ3) is 6.00. The standard InChI is InChI=1S/C66H45N3Si/c1-5-20-46(21-6-1)47-36-38-48(39-37-47)67-59-31-16-13-30-56(59)57-42-40-49(44-64(57)67)68-62-34-19-35-63(69-60-32-17-14-28-54(60)55-29-15-18-33-61(55)69)66(62)58-43-41-53(45-65(58)68)70(50-22-7-2-8-23-50,51-24-9-3-10-25-51)52-26-11-4-12-27-52/h1-45H. The average molecular weight is 908 g/mol. The Labute approximate surface area is 407 Å². The summed E-state index contributed by atoms with van der Waals surface area (Å²) in [6.07, 6.45) is 0. The van der Waals surface area contributed by atoms with Crippen molar-refractivity contribution in [3.05, 3.63) is 273 Å². The molecule has 3 nitrogen and oxygen atoms in total. The highest BCUT2D eigenvalue weighted by atomic mass is 28.3. The maximum atomic E-state index is 2.55. The molecular formula is C66H45N3Si. The molecule has 0 spiro atoms. The fourth-order valence-electron chi connectivity index (χ4n) is 11.8. The molecule has 0 amide bonds. The molecular weight excluding hydrogens is 863 g/mol. The van der Waals surface area contributed by atoms with Crippen LogP contribution in [0.4, 0.5) is 0 Å². The number of aromatic nitrogens is 3. The number of hydrogen-bond acceptors (Lipinski definition) is 0. The summed E-state index contributed by atoms with van der Waals surface area (Å²) in [5.74, 6) is 0. The van der Waals surface area contributed by atoms with Gasteiger partial charge >= 0.3 is 0 Å². The number of rotatable bonds is 8. The van der Waals surface area contributed by atoms with E-state index in [4.69, 9.17) is 0 Å². The molecule has 0 radical (unpaired) electrons. The summed E-state index contributed by atoms with van der Waals surface area (Å²) in [5.41, 5.74) is 12.9. The van der Waals surface area contributed by atoms with Crippen molar-refractivity contribution in [2.75, 3.05) is 0 Å². The molecule has 11 aromatic carbocycles. The monoisotopic (exact) mass is 907 g/mol. The number of hydrogen-bond donors (Lipinski definition) is 0. The second-order valence-electron chi connectivity index (χ2n) is 18.4. The molecule has 0 aliphatic rings. The van der Waals surface area contributed by atoms with Crippen LogP contribution in [0.15, 0.2) is 273 Å². The summed E-state index contributed by atoms with van der Waals surface area (Å²) < 4.78 is 7.48. The van der Waals surface area contributed by atoms with E-state index in [9.17, 15) is 0 Å². The molecule has 0 fully saturated rings. The minimum Gasteiger partial charge on any atom is -0.309 e. The van der Waals surface area contributed by atoms with Gasteiger partial charge in [0.15, 0.2) is 8.07 Å². The lowest BCUT2D eigenvalue weighted by atomic mass is 10.1. The Kier molecular flexibility index (Phi) is 9.23. The number of benzene rings is 11. The topological polar surface area (TPSA) is 14.8 Å². The molecule has 0 saturated carbocycles. The van der Waals surface area contributed by atoms with Crippen molar-refractivity contribution in [2.24, 2.45) is 0 Å². The molecule has 3 heterocycles. The van der Waals surface area contributed by atoms with Crippen LogP contribution in [-0.4, -0.2) is 21.8 Å². The normalized spacial score (nSPS) is 12.0. The highest BCUT2D eigenvalue weighted by Gasteiger charge is 2.41. The van der Waals surface area contributed by atoms with Gasteiger partial charge in [0, 0.05) is 43.7 Å². The maximum absolute atomic E-state index is 2.90. The van der Waals surface area contributed by atoms with Gasteiger partial charge in [-0.2, -0.15) is 0 Å². The van der Waals surface area contributed by atoms with Crippen LogP contribution in [0.3, 0.4) is 0 Å². The van der Waals surface area contributed by atoms with Crippen molar-refractivity contribution in [2.45, 2.75) is 0 Å². The molecule has 14 aromatic rings. The minimum atomic E-state index is -2.90. The van der Waals surface area contributed by atoms with Crippen molar-refractivity contribution in [1.82, 2.24) is 13.7 Å². The molecule has 0 bridgehead atoms. The lowest BCUT2D eigenvalue weighted by Crippen LogP contribution is -2.74. The van der Waals surface area contributed by atoms with Crippen LogP contribution in [0.5, 0.6) is 0 Å². The molecule has 4 heteroatoms. The van der Waals surface area contributed by atoms with Gasteiger partial charge in [-0.25, -0.2) is 0 Å². The molecule has 0 unspecified atom stereocenters. The van der Waals surface area contributed by atoms with Crippen LogP contribution in [-0.2, 0) is 0 Å². The summed E-state index contributed by atoms with van der Waals surface area (Å²) in [6.45, 7) is 0. The SMILES string of the molecule is c1ccc(-c2ccc(-n3c4ccccc4c4ccc(-n5c6cc([Si](c7ccccc7)(c7ccccc7)c7ccccc7)ccc6c6c(-n7c8ccccc8c8ccccc87)cccc65)cc43)cc2)cc1. The van der Waals surface area contributed by atoms with E-state index in [1.54, 1.807) is 0 Å². The fourth-order valence-corrected chi connectivity index (χ4v) is 16.6. The van der Waals surface area contributed by atoms with Gasteiger partial charge in [-0.3, -0.25) is 0 Å². The highest BCUT2D eigenvalue weighted by molar-refractivity contribution is 7.20. The van der Waals surface area contributed by atoms with Gasteiger partial charge in [0.25, 0.3) is 0 Å². The summed E-state index contributed by atoms with van der Waals surface area (Å²) in [4.78, 5) is 0. The van der Waals surface area contributed by atoms with E-state index in [1.807, 2.05) is 0 Å². The molecule has 14 rings (SSSR count). The predicted molar refractivity (Wildman–Crippen MR) is 299 cm³/mol. The first-order valence-electron chi connectivity index (χ1n) is 24.2. The quantitative estimate of drug-likeness (QED) is 0.107. The Balaban J connectivity index is 1.09. The van der Waals surface area contributed by atoms with E-state index in [1.165, 1.54) is 86.3 Å². The van der Waals surface area contributed by atoms with E-state index >= 15 is 0 Å². The first kappa shape index (κ1) is 40.1. The van der Waals surface area contributed by atoms with Crippen molar-refractivity contribution in [3.63, 3.8) is 0 Å². The van der Waals surface area contributed by atoms with Crippen molar-refractivity contribution < 1.29 is 0 Å². The van der Waals surface area contributed by atoms with E-state index in [0.29, 0.717) is 0 Å². The van der Waals surface area contributed by atoms with Gasteiger partial charge < -0.3 is 13.7 Å². The van der Waals surface area contributed by atoms with Crippen LogP contribution in [0.2, 0.25) is 0 Å². The smallest absolute Gasteiger partial charge is 0.179 e. The van der Waals surface area contributed by atoms with Gasteiger partial charge in [0.05, 0.1) is 38.8 Å². The van der Waals surface area contributed by atoms with Crippen molar-refractivity contribution in [3.8, 4) is 28.2 Å². The molecule has 0 aliphatic heterocycles. The predicted octanol–water partition coefficient (Wildman–Crippen LogP) is 14.0. The molecule has 70 heavy (non-hydrogen) atoms. The van der Waals surface area contributed by atoms with Gasteiger partial charge in [-0.05, 0) is 92.5 Å². The molecule has 328 valence electrons. The Morgan fingerprint density at radius 2 is 0.643 bits per heavy atom. The van der Waals surface area contributed by atoms with Crippen LogP contribution in [0.25, 0.3) is 93.6 Å². The Morgan fingerprint density at radius 3 is 1.21 bits per heavy atom. The van der Waals surface area contributed by atoms with Gasteiger partial charge in [-0.15, -0.1) is 0 Å². The van der Waals surface area contributed by atoms with Gasteiger partial charge in [0.2, 0.25) is 0 Å². The molecule has 0 N–H and O–H groups in total. The second-order valence-corrected chi connectivity index (χ2v) is 22.2. The third-order valence-electron chi connectivity index (χ3n) is 14.8. The third-order valence-corrected chi connectivity index (χ3v) is 19.6. The Hall–Kier alpha value is -8.96. The summed E-state index contributed by atoms with van der Waals surface area (Å²) in [7, 11) is -2.90. The van der Waals surface area contributed by atoms with Crippen molar-refractivity contribution >= 4 is 94.2 Å². The van der Waals surface area contributed by atoms with Crippen LogP contribution >= 0.6 is 0 Å². The highest BCUT2D eigenvalue weighted by Crippen LogP contribution is 2.41. The zero-order valence-electron chi connectivity index (χ0n) is 38.3. The molecule has 0 atom stereocenters. The van der Waals surface area contributed by atoms with Crippen LogP contribution < -0.4 is 20.7 Å². The maximum Gasteiger partial charge on any atom is 0.179 e. The zero-order valence-corrected chi connectivity index (χ0v) is 39.3. The number of nitrogens with zero attached hydrogens (tertiary/aromatic N) is 3. The lowest BCUT2D eigenvalue weighted by Gasteiger charge is -2.34. The van der Waals surface area contributed by atoms with Gasteiger partial charge in [-0.1, -0.05) is 212 Å².